The summed E-state index contributed by atoms with van der Waals surface area (Å²) < 4.78 is 0. The zero-order chi connectivity index (χ0) is 14.7. The van der Waals surface area contributed by atoms with E-state index in [0.29, 0.717) is 5.96 Å². The number of fused-ring (bicyclic) bond motifs is 1. The highest BCUT2D eigenvalue weighted by Crippen LogP contribution is 2.27. The third kappa shape index (κ3) is 3.91. The van der Waals surface area contributed by atoms with Crippen LogP contribution in [0.3, 0.4) is 0 Å². The van der Waals surface area contributed by atoms with E-state index < -0.39 is 0 Å². The first-order valence-electron chi connectivity index (χ1n) is 7.66. The second-order valence-corrected chi connectivity index (χ2v) is 5.80. The van der Waals surface area contributed by atoms with Crippen molar-refractivity contribution >= 4 is 41.5 Å². The Morgan fingerprint density at radius 2 is 2.14 bits per heavy atom. The summed E-state index contributed by atoms with van der Waals surface area (Å²) in [6, 6.07) is 8.03. The normalized spacial score (nSPS) is 17.5. The van der Waals surface area contributed by atoms with Gasteiger partial charge in [-0.3, -0.25) is 4.79 Å². The van der Waals surface area contributed by atoms with Crippen molar-refractivity contribution in [1.82, 2.24) is 5.32 Å². The van der Waals surface area contributed by atoms with Crippen LogP contribution in [0.1, 0.15) is 24.8 Å². The maximum Gasteiger partial charge on any atom is 0.248 e. The van der Waals surface area contributed by atoms with E-state index >= 15 is 0 Å². The van der Waals surface area contributed by atoms with Crippen LogP contribution in [0, 0.1) is 5.92 Å². The van der Waals surface area contributed by atoms with Gasteiger partial charge in [-0.25, -0.2) is 4.99 Å². The van der Waals surface area contributed by atoms with Gasteiger partial charge in [-0.15, -0.1) is 24.0 Å². The van der Waals surface area contributed by atoms with Crippen molar-refractivity contribution in [2.45, 2.75) is 25.7 Å². The second-order valence-electron chi connectivity index (χ2n) is 5.80. The van der Waals surface area contributed by atoms with E-state index in [4.69, 9.17) is 5.73 Å². The van der Waals surface area contributed by atoms with Crippen LogP contribution in [0.25, 0.3) is 0 Å². The number of amides is 1. The predicted molar refractivity (Wildman–Crippen MR) is 99.7 cm³/mol. The van der Waals surface area contributed by atoms with Gasteiger partial charge in [0.05, 0.1) is 0 Å². The Labute approximate surface area is 148 Å². The number of carbonyl (C=O) groups excluding carboxylic acids is 1. The third-order valence-corrected chi connectivity index (χ3v) is 4.37. The Kier molecular flexibility index (Phi) is 6.05. The number of carbonyl (C=O) groups is 1. The van der Waals surface area contributed by atoms with Crippen LogP contribution in [-0.2, 0) is 11.2 Å². The molecule has 1 fully saturated rings. The number of nitrogens with two attached hydrogens (primary N) is 1. The quantitative estimate of drug-likeness (QED) is 0.449. The van der Waals surface area contributed by atoms with Gasteiger partial charge in [-0.2, -0.15) is 0 Å². The first-order chi connectivity index (χ1) is 10.2. The molecule has 1 aromatic carbocycles. The summed E-state index contributed by atoms with van der Waals surface area (Å²) in [6.45, 7) is 1.72. The average molecular weight is 414 g/mol. The molecule has 1 saturated carbocycles. The van der Waals surface area contributed by atoms with Gasteiger partial charge >= 0.3 is 0 Å². The SMILES string of the molecule is I.NC(=NCC(=O)N1CCc2ccccc21)NCC1CCC1. The zero-order valence-electron chi connectivity index (χ0n) is 12.6. The van der Waals surface area contributed by atoms with Crippen LogP contribution in [0.4, 0.5) is 5.69 Å². The van der Waals surface area contributed by atoms with Gasteiger partial charge in [-0.1, -0.05) is 24.6 Å². The average Bonchev–Trinajstić information content (AvgIpc) is 2.87. The number of aliphatic imine (C=N–C) groups is 1. The van der Waals surface area contributed by atoms with Gasteiger partial charge in [0.1, 0.15) is 6.54 Å². The molecule has 6 heteroatoms. The molecule has 1 heterocycles. The molecule has 2 aliphatic rings. The number of hydrogen-bond donors (Lipinski definition) is 2. The molecule has 1 amide bonds. The molecule has 0 unspecified atom stereocenters. The highest BCUT2D eigenvalue weighted by atomic mass is 127. The van der Waals surface area contributed by atoms with Crippen molar-refractivity contribution in [2.75, 3.05) is 24.5 Å². The lowest BCUT2D eigenvalue weighted by Crippen LogP contribution is -2.38. The minimum absolute atomic E-state index is 0. The number of benzene rings is 1. The molecule has 120 valence electrons. The smallest absolute Gasteiger partial charge is 0.248 e. The molecular formula is C16H23IN4O. The molecule has 1 aliphatic heterocycles. The Balaban J connectivity index is 0.00000176. The van der Waals surface area contributed by atoms with Gasteiger partial charge in [0.15, 0.2) is 5.96 Å². The minimum Gasteiger partial charge on any atom is -0.370 e. The Morgan fingerprint density at radius 3 is 2.86 bits per heavy atom. The summed E-state index contributed by atoms with van der Waals surface area (Å²) in [7, 11) is 0. The third-order valence-electron chi connectivity index (χ3n) is 4.37. The lowest BCUT2D eigenvalue weighted by atomic mass is 9.85. The number of para-hydroxylation sites is 1. The van der Waals surface area contributed by atoms with Gasteiger partial charge < -0.3 is 16.0 Å². The van der Waals surface area contributed by atoms with Crippen LogP contribution < -0.4 is 16.0 Å². The fourth-order valence-corrected chi connectivity index (χ4v) is 2.84. The number of nitrogens with one attached hydrogen (secondary N) is 1. The lowest BCUT2D eigenvalue weighted by Gasteiger charge is -2.25. The van der Waals surface area contributed by atoms with Gasteiger partial charge in [0, 0.05) is 18.8 Å². The maximum absolute atomic E-state index is 12.3. The first kappa shape index (κ1) is 17.1. The molecule has 3 N–H and O–H groups in total. The summed E-state index contributed by atoms with van der Waals surface area (Å²) in [5, 5.41) is 3.11. The molecule has 5 nitrogen and oxygen atoms in total. The molecule has 0 radical (unpaired) electrons. The number of guanidine groups is 1. The van der Waals surface area contributed by atoms with E-state index in [-0.39, 0.29) is 36.4 Å². The van der Waals surface area contributed by atoms with Gasteiger partial charge in [0.2, 0.25) is 5.91 Å². The molecule has 0 bridgehead atoms. The van der Waals surface area contributed by atoms with E-state index in [0.717, 1.165) is 31.1 Å². The van der Waals surface area contributed by atoms with E-state index in [1.54, 1.807) is 4.90 Å². The van der Waals surface area contributed by atoms with Crippen molar-refractivity contribution in [3.63, 3.8) is 0 Å². The number of hydrogen-bond acceptors (Lipinski definition) is 2. The summed E-state index contributed by atoms with van der Waals surface area (Å²) in [5.74, 6) is 1.11. The minimum atomic E-state index is 0. The molecule has 3 rings (SSSR count). The second kappa shape index (κ2) is 7.80. The Morgan fingerprint density at radius 1 is 1.36 bits per heavy atom. The number of nitrogens with zero attached hydrogens (tertiary/aromatic N) is 2. The van der Waals surface area contributed by atoms with Crippen molar-refractivity contribution in [2.24, 2.45) is 16.6 Å². The monoisotopic (exact) mass is 414 g/mol. The van der Waals surface area contributed by atoms with E-state index in [1.165, 1.54) is 24.8 Å². The van der Waals surface area contributed by atoms with Crippen molar-refractivity contribution in [3.8, 4) is 0 Å². The topological polar surface area (TPSA) is 70.7 Å². The fourth-order valence-electron chi connectivity index (χ4n) is 2.84. The highest BCUT2D eigenvalue weighted by molar-refractivity contribution is 14.0. The molecule has 0 aromatic heterocycles. The largest absolute Gasteiger partial charge is 0.370 e. The molecule has 0 spiro atoms. The first-order valence-corrected chi connectivity index (χ1v) is 7.66. The van der Waals surface area contributed by atoms with Gasteiger partial charge in [0.25, 0.3) is 0 Å². The van der Waals surface area contributed by atoms with Crippen molar-refractivity contribution < 1.29 is 4.79 Å². The van der Waals surface area contributed by atoms with Crippen LogP contribution in [0.5, 0.6) is 0 Å². The lowest BCUT2D eigenvalue weighted by molar-refractivity contribution is -0.117. The highest BCUT2D eigenvalue weighted by Gasteiger charge is 2.23. The summed E-state index contributed by atoms with van der Waals surface area (Å²) in [5.41, 5.74) is 8.05. The molecule has 0 saturated heterocycles. The standard InChI is InChI=1S/C16H22N4O.HI/c17-16(18-10-12-4-3-5-12)19-11-15(21)20-9-8-13-6-1-2-7-14(13)20;/h1-2,6-7,12H,3-5,8-11H2,(H3,17,18,19);1H. The summed E-state index contributed by atoms with van der Waals surface area (Å²) in [4.78, 5) is 18.2. The molecule has 0 atom stereocenters. The summed E-state index contributed by atoms with van der Waals surface area (Å²) in [6.07, 6.45) is 4.77. The van der Waals surface area contributed by atoms with E-state index in [2.05, 4.69) is 16.4 Å². The van der Waals surface area contributed by atoms with Crippen LogP contribution in [0.2, 0.25) is 0 Å². The Hall–Kier alpha value is -1.31. The maximum atomic E-state index is 12.3. The molecule has 1 aliphatic carbocycles. The number of rotatable bonds is 4. The Bertz CT molecular complexity index is 557. The predicted octanol–water partition coefficient (Wildman–Crippen LogP) is 1.90. The van der Waals surface area contributed by atoms with Gasteiger partial charge in [-0.05, 0) is 36.8 Å². The zero-order valence-corrected chi connectivity index (χ0v) is 15.0. The summed E-state index contributed by atoms with van der Waals surface area (Å²) >= 11 is 0. The number of anilines is 1. The molecule has 22 heavy (non-hydrogen) atoms. The van der Waals surface area contributed by atoms with E-state index in [9.17, 15) is 4.79 Å². The van der Waals surface area contributed by atoms with E-state index in [1.807, 2.05) is 18.2 Å². The van der Waals surface area contributed by atoms with Crippen LogP contribution in [-0.4, -0.2) is 31.5 Å². The van der Waals surface area contributed by atoms with Crippen LogP contribution in [0.15, 0.2) is 29.3 Å². The molecular weight excluding hydrogens is 391 g/mol. The number of halogens is 1. The van der Waals surface area contributed by atoms with Crippen LogP contribution >= 0.6 is 24.0 Å². The van der Waals surface area contributed by atoms with Crippen molar-refractivity contribution in [3.05, 3.63) is 29.8 Å². The van der Waals surface area contributed by atoms with Crippen molar-refractivity contribution in [1.29, 1.82) is 0 Å². The molecule has 1 aromatic rings. The fraction of sp³-hybridized carbons (Fsp3) is 0.500.